The molecule has 0 amide bonds. The van der Waals surface area contributed by atoms with Gasteiger partial charge in [0.15, 0.2) is 10.6 Å². The zero-order valence-electron chi connectivity index (χ0n) is 10.3. The van der Waals surface area contributed by atoms with Gasteiger partial charge in [-0.3, -0.25) is 14.6 Å². The van der Waals surface area contributed by atoms with Crippen molar-refractivity contribution in [3.05, 3.63) is 29.3 Å². The SMILES string of the molecule is S=c1[nH]nc(-c2cccnc2)n1CC1COCCO1. The van der Waals surface area contributed by atoms with E-state index in [9.17, 15) is 0 Å². The van der Waals surface area contributed by atoms with Gasteiger partial charge in [0.05, 0.1) is 32.5 Å². The van der Waals surface area contributed by atoms with Gasteiger partial charge in [0.25, 0.3) is 0 Å². The Morgan fingerprint density at radius 1 is 1.47 bits per heavy atom. The summed E-state index contributed by atoms with van der Waals surface area (Å²) in [7, 11) is 0. The summed E-state index contributed by atoms with van der Waals surface area (Å²) in [5.41, 5.74) is 0.923. The predicted octanol–water partition coefficient (Wildman–Crippen LogP) is 1.42. The Morgan fingerprint density at radius 3 is 3.16 bits per heavy atom. The fourth-order valence-corrected chi connectivity index (χ4v) is 2.25. The van der Waals surface area contributed by atoms with Crippen LogP contribution in [0.2, 0.25) is 0 Å². The molecule has 0 bridgehead atoms. The quantitative estimate of drug-likeness (QED) is 0.860. The molecule has 0 aromatic carbocycles. The number of nitrogens with one attached hydrogen (secondary N) is 1. The van der Waals surface area contributed by atoms with Gasteiger partial charge in [0, 0.05) is 18.0 Å². The van der Waals surface area contributed by atoms with Gasteiger partial charge in [-0.2, -0.15) is 5.10 Å². The third-order valence-corrected chi connectivity index (χ3v) is 3.26. The maximum atomic E-state index is 5.65. The van der Waals surface area contributed by atoms with Crippen molar-refractivity contribution in [2.45, 2.75) is 12.6 Å². The highest BCUT2D eigenvalue weighted by atomic mass is 32.1. The molecule has 0 aliphatic carbocycles. The topological polar surface area (TPSA) is 65.0 Å². The Balaban J connectivity index is 1.88. The lowest BCUT2D eigenvalue weighted by Crippen LogP contribution is -2.32. The summed E-state index contributed by atoms with van der Waals surface area (Å²) in [6.07, 6.45) is 3.50. The first-order valence-electron chi connectivity index (χ1n) is 6.09. The van der Waals surface area contributed by atoms with E-state index in [0.717, 1.165) is 11.4 Å². The molecule has 2 aromatic rings. The molecule has 3 rings (SSSR count). The number of aromatic amines is 1. The third-order valence-electron chi connectivity index (χ3n) is 2.95. The van der Waals surface area contributed by atoms with Crippen molar-refractivity contribution in [3.63, 3.8) is 0 Å². The van der Waals surface area contributed by atoms with Crippen LogP contribution in [0, 0.1) is 4.77 Å². The number of aromatic nitrogens is 4. The molecule has 7 heteroatoms. The van der Waals surface area contributed by atoms with Crippen LogP contribution in [0.1, 0.15) is 0 Å². The standard InChI is InChI=1S/C12H14N4O2S/c19-12-15-14-11(9-2-1-3-13-6-9)16(12)7-10-8-17-4-5-18-10/h1-3,6,10H,4-5,7-8H2,(H,15,19). The smallest absolute Gasteiger partial charge is 0.195 e. The number of H-pyrrole nitrogens is 1. The molecule has 1 aliphatic rings. The minimum atomic E-state index is 0.00784. The summed E-state index contributed by atoms with van der Waals surface area (Å²) < 4.78 is 13.5. The minimum absolute atomic E-state index is 0.00784. The van der Waals surface area contributed by atoms with E-state index in [1.54, 1.807) is 12.4 Å². The molecule has 2 aromatic heterocycles. The van der Waals surface area contributed by atoms with Crippen molar-refractivity contribution in [1.29, 1.82) is 0 Å². The molecule has 0 saturated carbocycles. The average molecular weight is 278 g/mol. The fourth-order valence-electron chi connectivity index (χ4n) is 2.05. The van der Waals surface area contributed by atoms with Crippen molar-refractivity contribution < 1.29 is 9.47 Å². The van der Waals surface area contributed by atoms with Gasteiger partial charge >= 0.3 is 0 Å². The number of rotatable bonds is 3. The normalized spacial score (nSPS) is 19.5. The van der Waals surface area contributed by atoms with Crippen LogP contribution in [-0.2, 0) is 16.0 Å². The van der Waals surface area contributed by atoms with Crippen LogP contribution in [0.15, 0.2) is 24.5 Å². The molecule has 0 spiro atoms. The molecule has 1 atom stereocenters. The summed E-state index contributed by atoms with van der Waals surface area (Å²) in [5, 5.41) is 7.08. The van der Waals surface area contributed by atoms with Crippen molar-refractivity contribution in [2.24, 2.45) is 0 Å². The Kier molecular flexibility index (Phi) is 3.67. The Morgan fingerprint density at radius 2 is 2.42 bits per heavy atom. The molecular weight excluding hydrogens is 264 g/mol. The first-order valence-corrected chi connectivity index (χ1v) is 6.50. The number of ether oxygens (including phenoxy) is 2. The van der Waals surface area contributed by atoms with Gasteiger partial charge in [-0.15, -0.1) is 0 Å². The summed E-state index contributed by atoms with van der Waals surface area (Å²) in [4.78, 5) is 4.10. The van der Waals surface area contributed by atoms with E-state index in [0.29, 0.717) is 31.1 Å². The first-order chi connectivity index (χ1) is 9.34. The number of hydrogen-bond acceptors (Lipinski definition) is 5. The van der Waals surface area contributed by atoms with E-state index in [1.165, 1.54) is 0 Å². The zero-order valence-corrected chi connectivity index (χ0v) is 11.1. The van der Waals surface area contributed by atoms with Gasteiger partial charge < -0.3 is 9.47 Å². The lowest BCUT2D eigenvalue weighted by Gasteiger charge is -2.23. The van der Waals surface area contributed by atoms with Gasteiger partial charge in [0.2, 0.25) is 0 Å². The van der Waals surface area contributed by atoms with Gasteiger partial charge in [-0.05, 0) is 24.4 Å². The van der Waals surface area contributed by atoms with Crippen molar-refractivity contribution >= 4 is 12.2 Å². The average Bonchev–Trinajstić information content (AvgIpc) is 2.82. The van der Waals surface area contributed by atoms with Crippen LogP contribution in [-0.4, -0.2) is 45.7 Å². The molecule has 1 unspecified atom stereocenters. The van der Waals surface area contributed by atoms with Crippen LogP contribution in [0.4, 0.5) is 0 Å². The van der Waals surface area contributed by atoms with Gasteiger partial charge in [-0.25, -0.2) is 0 Å². The van der Waals surface area contributed by atoms with Gasteiger partial charge in [-0.1, -0.05) is 0 Å². The second kappa shape index (κ2) is 5.60. The van der Waals surface area contributed by atoms with E-state index in [-0.39, 0.29) is 6.10 Å². The minimum Gasteiger partial charge on any atom is -0.376 e. The van der Waals surface area contributed by atoms with Gasteiger partial charge in [0.1, 0.15) is 0 Å². The van der Waals surface area contributed by atoms with Crippen molar-refractivity contribution in [2.75, 3.05) is 19.8 Å². The molecule has 100 valence electrons. The first kappa shape index (κ1) is 12.5. The molecule has 0 radical (unpaired) electrons. The number of pyridine rings is 1. The molecule has 3 heterocycles. The summed E-state index contributed by atoms with van der Waals surface area (Å²) >= 11 is 5.27. The molecule has 1 aliphatic heterocycles. The number of nitrogens with zero attached hydrogens (tertiary/aromatic N) is 3. The van der Waals surface area contributed by atoms with Crippen LogP contribution < -0.4 is 0 Å². The highest BCUT2D eigenvalue weighted by Gasteiger charge is 2.18. The van der Waals surface area contributed by atoms with E-state index in [1.807, 2.05) is 16.7 Å². The molecular formula is C12H14N4O2S. The van der Waals surface area contributed by atoms with Crippen LogP contribution in [0.5, 0.6) is 0 Å². The summed E-state index contributed by atoms with van der Waals surface area (Å²) in [6.45, 7) is 2.49. The predicted molar refractivity (Wildman–Crippen MR) is 71.2 cm³/mol. The lowest BCUT2D eigenvalue weighted by molar-refractivity contribution is -0.0935. The Hall–Kier alpha value is -1.57. The molecule has 19 heavy (non-hydrogen) atoms. The lowest BCUT2D eigenvalue weighted by atomic mass is 10.2. The fraction of sp³-hybridized carbons (Fsp3) is 0.417. The highest BCUT2D eigenvalue weighted by molar-refractivity contribution is 7.71. The van der Waals surface area contributed by atoms with Crippen LogP contribution >= 0.6 is 12.2 Å². The second-order valence-electron chi connectivity index (χ2n) is 4.27. The maximum absolute atomic E-state index is 5.65. The third kappa shape index (κ3) is 2.73. The molecule has 1 saturated heterocycles. The molecule has 6 nitrogen and oxygen atoms in total. The van der Waals surface area contributed by atoms with E-state index in [2.05, 4.69) is 15.2 Å². The Labute approximate surface area is 115 Å². The highest BCUT2D eigenvalue weighted by Crippen LogP contribution is 2.17. The monoisotopic (exact) mass is 278 g/mol. The van der Waals surface area contributed by atoms with Crippen molar-refractivity contribution in [3.8, 4) is 11.4 Å². The largest absolute Gasteiger partial charge is 0.376 e. The summed E-state index contributed by atoms with van der Waals surface area (Å²) in [5.74, 6) is 0.771. The van der Waals surface area contributed by atoms with Crippen molar-refractivity contribution in [1.82, 2.24) is 19.7 Å². The molecule has 1 N–H and O–H groups in total. The number of hydrogen-bond donors (Lipinski definition) is 1. The van der Waals surface area contributed by atoms with Crippen LogP contribution in [0.3, 0.4) is 0 Å². The summed E-state index contributed by atoms with van der Waals surface area (Å²) in [6, 6.07) is 3.82. The zero-order chi connectivity index (χ0) is 13.1. The van der Waals surface area contributed by atoms with Crippen LogP contribution in [0.25, 0.3) is 11.4 Å². The van der Waals surface area contributed by atoms with E-state index in [4.69, 9.17) is 21.7 Å². The van der Waals surface area contributed by atoms with E-state index >= 15 is 0 Å². The van der Waals surface area contributed by atoms with E-state index < -0.39 is 0 Å². The maximum Gasteiger partial charge on any atom is 0.195 e. The molecule has 1 fully saturated rings. The Bertz CT molecular complexity index is 589. The second-order valence-corrected chi connectivity index (χ2v) is 4.66.